The highest BCUT2D eigenvalue weighted by molar-refractivity contribution is 8.01. The van der Waals surface area contributed by atoms with Crippen molar-refractivity contribution in [3.05, 3.63) is 28.8 Å². The minimum atomic E-state index is -0.225. The number of aryl methyl sites for hydroxylation is 2. The summed E-state index contributed by atoms with van der Waals surface area (Å²) in [5.74, 6) is 1.57. The van der Waals surface area contributed by atoms with Crippen molar-refractivity contribution < 1.29 is 9.53 Å². The smallest absolute Gasteiger partial charge is 0.264 e. The molecule has 0 spiro atoms. The molecule has 1 aromatic carbocycles. The molecule has 24 heavy (non-hydrogen) atoms. The van der Waals surface area contributed by atoms with Gasteiger partial charge in [-0.25, -0.2) is 0 Å². The minimum Gasteiger partial charge on any atom is -0.483 e. The second-order valence-electron chi connectivity index (χ2n) is 5.57. The number of anilines is 1. The number of benzene rings is 1. The van der Waals surface area contributed by atoms with Crippen molar-refractivity contribution >= 4 is 34.1 Å². The van der Waals surface area contributed by atoms with Crippen LogP contribution in [0.5, 0.6) is 5.75 Å². The largest absolute Gasteiger partial charge is 0.483 e. The van der Waals surface area contributed by atoms with Gasteiger partial charge >= 0.3 is 0 Å². The van der Waals surface area contributed by atoms with Gasteiger partial charge in [-0.05, 0) is 43.9 Å². The molecular weight excluding hydrogens is 342 g/mol. The molecule has 1 aromatic heterocycles. The van der Waals surface area contributed by atoms with Crippen molar-refractivity contribution in [1.29, 1.82) is 0 Å². The van der Waals surface area contributed by atoms with Gasteiger partial charge in [0.1, 0.15) is 5.75 Å². The van der Waals surface area contributed by atoms with Crippen LogP contribution in [0.25, 0.3) is 0 Å². The lowest BCUT2D eigenvalue weighted by Gasteiger charge is -2.13. The molecule has 5 nitrogen and oxygen atoms in total. The molecule has 0 unspecified atom stereocenters. The van der Waals surface area contributed by atoms with Crippen molar-refractivity contribution in [2.45, 2.75) is 44.9 Å². The molecular formula is C17H23N3O2S2. The first-order valence-electron chi connectivity index (χ1n) is 7.97. The molecule has 0 radical (unpaired) electrons. The number of hydrogen-bond acceptors (Lipinski definition) is 6. The predicted octanol–water partition coefficient (Wildman–Crippen LogP) is 4.37. The zero-order chi connectivity index (χ0) is 17.5. The number of hydrogen-bond donors (Lipinski definition) is 1. The van der Waals surface area contributed by atoms with E-state index in [0.717, 1.165) is 45.4 Å². The van der Waals surface area contributed by atoms with Crippen molar-refractivity contribution in [3.8, 4) is 5.75 Å². The van der Waals surface area contributed by atoms with Gasteiger partial charge in [0.2, 0.25) is 5.13 Å². The predicted molar refractivity (Wildman–Crippen MR) is 100 cm³/mol. The quantitative estimate of drug-likeness (QED) is 0.427. The Morgan fingerprint density at radius 2 is 2.00 bits per heavy atom. The van der Waals surface area contributed by atoms with E-state index in [1.165, 1.54) is 11.3 Å². The lowest BCUT2D eigenvalue weighted by Crippen LogP contribution is -2.20. The van der Waals surface area contributed by atoms with Gasteiger partial charge < -0.3 is 4.74 Å². The van der Waals surface area contributed by atoms with E-state index in [2.05, 4.69) is 28.5 Å². The standard InChI is InChI=1S/C17H23N3O2S2/c1-5-6-9-23-17-20-19-16(24-17)18-14(21)10-22-15-12(3)8-7-11(2)13(15)4/h7-8H,5-6,9-10H2,1-4H3,(H,18,19,21). The van der Waals surface area contributed by atoms with Crippen LogP contribution in [-0.4, -0.2) is 28.5 Å². The summed E-state index contributed by atoms with van der Waals surface area (Å²) in [6.45, 7) is 8.12. The van der Waals surface area contributed by atoms with E-state index >= 15 is 0 Å². The van der Waals surface area contributed by atoms with Crippen molar-refractivity contribution in [1.82, 2.24) is 10.2 Å². The normalized spacial score (nSPS) is 10.7. The summed E-state index contributed by atoms with van der Waals surface area (Å²) in [7, 11) is 0. The number of carbonyl (C=O) groups excluding carboxylic acids is 1. The van der Waals surface area contributed by atoms with Crippen LogP contribution in [0.4, 0.5) is 5.13 Å². The Balaban J connectivity index is 1.87. The zero-order valence-corrected chi connectivity index (χ0v) is 16.1. The summed E-state index contributed by atoms with van der Waals surface area (Å²) < 4.78 is 6.59. The molecule has 0 saturated carbocycles. The van der Waals surface area contributed by atoms with E-state index in [9.17, 15) is 4.79 Å². The molecule has 0 saturated heterocycles. The van der Waals surface area contributed by atoms with E-state index < -0.39 is 0 Å². The molecule has 2 aromatic rings. The van der Waals surface area contributed by atoms with E-state index in [0.29, 0.717) is 5.13 Å². The fourth-order valence-electron chi connectivity index (χ4n) is 2.06. The highest BCUT2D eigenvalue weighted by Gasteiger charge is 2.12. The topological polar surface area (TPSA) is 64.1 Å². The third-order valence-corrected chi connectivity index (χ3v) is 5.66. The summed E-state index contributed by atoms with van der Waals surface area (Å²) in [6.07, 6.45) is 2.31. The maximum absolute atomic E-state index is 12.1. The molecule has 0 bridgehead atoms. The number of carbonyl (C=O) groups is 1. The van der Waals surface area contributed by atoms with Gasteiger partial charge in [-0.1, -0.05) is 48.6 Å². The van der Waals surface area contributed by atoms with E-state index in [-0.39, 0.29) is 12.5 Å². The number of unbranched alkanes of at least 4 members (excludes halogenated alkanes) is 1. The van der Waals surface area contributed by atoms with Crippen LogP contribution in [-0.2, 0) is 4.79 Å². The Kier molecular flexibility index (Phi) is 7.05. The van der Waals surface area contributed by atoms with Crippen molar-refractivity contribution in [2.24, 2.45) is 0 Å². The summed E-state index contributed by atoms with van der Waals surface area (Å²) in [4.78, 5) is 12.1. The van der Waals surface area contributed by atoms with Gasteiger partial charge in [0.25, 0.3) is 5.91 Å². The molecule has 0 aliphatic rings. The van der Waals surface area contributed by atoms with E-state index in [1.807, 2.05) is 26.8 Å². The molecule has 7 heteroatoms. The second kappa shape index (κ2) is 9.03. The number of thioether (sulfide) groups is 1. The van der Waals surface area contributed by atoms with Gasteiger partial charge in [-0.15, -0.1) is 10.2 Å². The van der Waals surface area contributed by atoms with Gasteiger partial charge in [0, 0.05) is 5.75 Å². The first kappa shape index (κ1) is 18.7. The SMILES string of the molecule is CCCCSc1nnc(NC(=O)COc2c(C)ccc(C)c2C)s1. The Morgan fingerprint density at radius 3 is 2.75 bits per heavy atom. The van der Waals surface area contributed by atoms with Crippen LogP contribution in [0.1, 0.15) is 36.5 Å². The average Bonchev–Trinajstić information content (AvgIpc) is 2.98. The lowest BCUT2D eigenvalue weighted by molar-refractivity contribution is -0.118. The first-order valence-corrected chi connectivity index (χ1v) is 9.77. The highest BCUT2D eigenvalue weighted by atomic mass is 32.2. The molecule has 0 aliphatic carbocycles. The van der Waals surface area contributed by atoms with Crippen LogP contribution < -0.4 is 10.1 Å². The Morgan fingerprint density at radius 1 is 1.25 bits per heavy atom. The van der Waals surface area contributed by atoms with Gasteiger partial charge in [0.15, 0.2) is 10.9 Å². The van der Waals surface area contributed by atoms with Crippen LogP contribution in [0.2, 0.25) is 0 Å². The number of rotatable bonds is 8. The summed E-state index contributed by atoms with van der Waals surface area (Å²) >= 11 is 3.07. The zero-order valence-electron chi connectivity index (χ0n) is 14.5. The summed E-state index contributed by atoms with van der Waals surface area (Å²) in [5, 5.41) is 11.3. The van der Waals surface area contributed by atoms with Gasteiger partial charge in [0.05, 0.1) is 0 Å². The van der Waals surface area contributed by atoms with Gasteiger partial charge in [-0.2, -0.15) is 0 Å². The fourth-order valence-corrected chi connectivity index (χ4v) is 3.99. The molecule has 0 atom stereocenters. The third kappa shape index (κ3) is 5.21. The van der Waals surface area contributed by atoms with Crippen LogP contribution in [0, 0.1) is 20.8 Å². The van der Waals surface area contributed by atoms with Crippen LogP contribution in [0.3, 0.4) is 0 Å². The number of nitrogens with one attached hydrogen (secondary N) is 1. The number of ether oxygens (including phenoxy) is 1. The van der Waals surface area contributed by atoms with Crippen molar-refractivity contribution in [3.63, 3.8) is 0 Å². The highest BCUT2D eigenvalue weighted by Crippen LogP contribution is 2.27. The fraction of sp³-hybridized carbons (Fsp3) is 0.471. The van der Waals surface area contributed by atoms with Crippen LogP contribution in [0.15, 0.2) is 16.5 Å². The molecule has 1 N–H and O–H groups in total. The second-order valence-corrected chi connectivity index (χ2v) is 7.89. The van der Waals surface area contributed by atoms with Crippen LogP contribution >= 0.6 is 23.1 Å². The van der Waals surface area contributed by atoms with Gasteiger partial charge in [-0.3, -0.25) is 10.1 Å². The Labute approximate surface area is 151 Å². The summed E-state index contributed by atoms with van der Waals surface area (Å²) in [5.41, 5.74) is 3.23. The average molecular weight is 366 g/mol. The number of amides is 1. The maximum atomic E-state index is 12.1. The molecule has 1 amide bonds. The Hall–Kier alpha value is -1.60. The molecule has 0 aliphatic heterocycles. The third-order valence-electron chi connectivity index (χ3n) is 3.60. The van der Waals surface area contributed by atoms with E-state index in [4.69, 9.17) is 4.74 Å². The molecule has 2 rings (SSSR count). The minimum absolute atomic E-state index is 0.0387. The monoisotopic (exact) mass is 365 g/mol. The Bertz CT molecular complexity index is 701. The molecule has 1 heterocycles. The molecule has 0 fully saturated rings. The maximum Gasteiger partial charge on any atom is 0.264 e. The first-order chi connectivity index (χ1) is 11.5. The summed E-state index contributed by atoms with van der Waals surface area (Å²) in [6, 6.07) is 4.05. The number of nitrogens with zero attached hydrogens (tertiary/aromatic N) is 2. The molecule has 130 valence electrons. The number of aromatic nitrogens is 2. The van der Waals surface area contributed by atoms with Crippen molar-refractivity contribution in [2.75, 3.05) is 17.7 Å². The lowest BCUT2D eigenvalue weighted by atomic mass is 10.1. The van der Waals surface area contributed by atoms with E-state index in [1.54, 1.807) is 11.8 Å².